The number of esters is 1. The van der Waals surface area contributed by atoms with E-state index in [1.807, 2.05) is 22.6 Å². The van der Waals surface area contributed by atoms with Crippen molar-refractivity contribution >= 4 is 38.7 Å². The molecule has 120 valence electrons. The molecule has 0 bridgehead atoms. The molecule has 0 aromatic rings. The lowest BCUT2D eigenvalue weighted by molar-refractivity contribution is -0.220. The van der Waals surface area contributed by atoms with Crippen molar-refractivity contribution in [2.75, 3.05) is 10.2 Å². The van der Waals surface area contributed by atoms with E-state index in [9.17, 15) is 26.4 Å². The van der Waals surface area contributed by atoms with Gasteiger partial charge >= 0.3 is 12.1 Å². The molecule has 0 aromatic carbocycles. The van der Waals surface area contributed by atoms with E-state index in [0.717, 1.165) is 0 Å². The minimum absolute atomic E-state index is 0.243. The van der Waals surface area contributed by atoms with Gasteiger partial charge in [-0.15, -0.1) is 0 Å². The summed E-state index contributed by atoms with van der Waals surface area (Å²) in [5, 5.41) is 0. The lowest BCUT2D eigenvalue weighted by atomic mass is 9.85. The van der Waals surface area contributed by atoms with Gasteiger partial charge in [-0.1, -0.05) is 36.4 Å². The molecule has 0 saturated carbocycles. The van der Waals surface area contributed by atoms with E-state index >= 15 is 0 Å². The second kappa shape index (κ2) is 7.25. The lowest BCUT2D eigenvalue weighted by Crippen LogP contribution is -2.44. The quantitative estimate of drug-likeness (QED) is 0.290. The molecule has 0 aliphatic rings. The minimum atomic E-state index is -5.07. The molecule has 0 aliphatic carbocycles. The fourth-order valence-electron chi connectivity index (χ4n) is 1.42. The predicted molar refractivity (Wildman–Crippen MR) is 74.3 cm³/mol. The highest BCUT2D eigenvalue weighted by Crippen LogP contribution is 2.33. The molecule has 5 nitrogen and oxygen atoms in total. The van der Waals surface area contributed by atoms with Crippen LogP contribution in [0, 0.1) is 5.41 Å². The maximum Gasteiger partial charge on any atom is 0.426 e. The summed E-state index contributed by atoms with van der Waals surface area (Å²) in [4.78, 5) is 11.9. The molecule has 0 heterocycles. The highest BCUT2D eigenvalue weighted by atomic mass is 127. The number of ether oxygens (including phenoxy) is 1. The van der Waals surface area contributed by atoms with Gasteiger partial charge in [0, 0.05) is 4.43 Å². The van der Waals surface area contributed by atoms with E-state index in [1.165, 1.54) is 0 Å². The van der Waals surface area contributed by atoms with Crippen LogP contribution in [-0.4, -0.2) is 41.4 Å². The molecular formula is C10H16F3IO5S. The summed E-state index contributed by atoms with van der Waals surface area (Å²) in [6.45, 7) is 3.27. The van der Waals surface area contributed by atoms with Crippen molar-refractivity contribution in [3.8, 4) is 0 Å². The number of carbonyl (C=O) groups excluding carboxylic acids is 1. The summed E-state index contributed by atoms with van der Waals surface area (Å²) >= 11 is 1.86. The van der Waals surface area contributed by atoms with Crippen molar-refractivity contribution in [2.45, 2.75) is 39.0 Å². The first-order valence-corrected chi connectivity index (χ1v) is 8.84. The van der Waals surface area contributed by atoms with Crippen LogP contribution in [0.15, 0.2) is 0 Å². The standard InChI is InChI=1S/C10H16F3IO5S/c1-3-9(4-2,6-14)8(15)19-7(10(11,12)13)5-20(16,17)18/h7H,3-6H2,1-2H3,(H,16,17,18). The van der Waals surface area contributed by atoms with Crippen LogP contribution in [0.4, 0.5) is 13.2 Å². The Balaban J connectivity index is 5.23. The van der Waals surface area contributed by atoms with Crippen LogP contribution in [0.3, 0.4) is 0 Å². The maximum absolute atomic E-state index is 12.7. The Kier molecular flexibility index (Phi) is 7.21. The van der Waals surface area contributed by atoms with Crippen molar-refractivity contribution < 1.29 is 35.7 Å². The first-order valence-electron chi connectivity index (χ1n) is 5.70. The highest BCUT2D eigenvalue weighted by Gasteiger charge is 2.48. The normalized spacial score (nSPS) is 14.9. The first kappa shape index (κ1) is 19.9. The van der Waals surface area contributed by atoms with Crippen molar-refractivity contribution in [2.24, 2.45) is 5.41 Å². The van der Waals surface area contributed by atoms with Crippen molar-refractivity contribution in [3.05, 3.63) is 0 Å². The number of hydrogen-bond acceptors (Lipinski definition) is 4. The summed E-state index contributed by atoms with van der Waals surface area (Å²) in [6.07, 6.45) is -7.40. The SMILES string of the molecule is CCC(CC)(CI)C(=O)OC(CS(=O)(=O)O)C(F)(F)F. The average Bonchev–Trinajstić information content (AvgIpc) is 2.28. The minimum Gasteiger partial charge on any atom is -0.451 e. The summed E-state index contributed by atoms with van der Waals surface area (Å²) in [7, 11) is -4.92. The topological polar surface area (TPSA) is 80.7 Å². The fraction of sp³-hybridized carbons (Fsp3) is 0.900. The molecule has 1 unspecified atom stereocenters. The zero-order chi connectivity index (χ0) is 16.2. The smallest absolute Gasteiger partial charge is 0.426 e. The molecule has 10 heteroatoms. The fourth-order valence-corrected chi connectivity index (χ4v) is 3.45. The first-order chi connectivity index (χ1) is 8.91. The molecule has 1 atom stereocenters. The molecule has 0 fully saturated rings. The molecule has 0 amide bonds. The van der Waals surface area contributed by atoms with Gasteiger partial charge < -0.3 is 4.74 Å². The van der Waals surface area contributed by atoms with Crippen LogP contribution >= 0.6 is 22.6 Å². The second-order valence-electron chi connectivity index (χ2n) is 4.31. The Bertz CT molecular complexity index is 422. The van der Waals surface area contributed by atoms with Gasteiger partial charge in [-0.05, 0) is 12.8 Å². The van der Waals surface area contributed by atoms with Gasteiger partial charge in [0.05, 0.1) is 5.41 Å². The molecule has 0 saturated heterocycles. The molecule has 20 heavy (non-hydrogen) atoms. The van der Waals surface area contributed by atoms with Crippen molar-refractivity contribution in [3.63, 3.8) is 0 Å². The van der Waals surface area contributed by atoms with Gasteiger partial charge in [0.2, 0.25) is 6.10 Å². The Labute approximate surface area is 129 Å². The van der Waals surface area contributed by atoms with E-state index in [-0.39, 0.29) is 17.3 Å². The highest BCUT2D eigenvalue weighted by molar-refractivity contribution is 14.1. The predicted octanol–water partition coefficient (Wildman–Crippen LogP) is 2.59. The average molecular weight is 432 g/mol. The Morgan fingerprint density at radius 2 is 1.75 bits per heavy atom. The van der Waals surface area contributed by atoms with E-state index in [0.29, 0.717) is 0 Å². The van der Waals surface area contributed by atoms with Crippen LogP contribution in [0.2, 0.25) is 0 Å². The van der Waals surface area contributed by atoms with Crippen LogP contribution in [0.5, 0.6) is 0 Å². The molecule has 1 N–H and O–H groups in total. The third kappa shape index (κ3) is 5.72. The van der Waals surface area contributed by atoms with Gasteiger partial charge in [-0.3, -0.25) is 9.35 Å². The molecule has 0 rings (SSSR count). The van der Waals surface area contributed by atoms with Crippen LogP contribution in [0.1, 0.15) is 26.7 Å². The summed E-state index contributed by atoms with van der Waals surface area (Å²) in [6, 6.07) is 0. The summed E-state index contributed by atoms with van der Waals surface area (Å²) < 4.78 is 72.2. The third-order valence-electron chi connectivity index (χ3n) is 3.02. The van der Waals surface area contributed by atoms with Crippen LogP contribution in [-0.2, 0) is 19.6 Å². The second-order valence-corrected chi connectivity index (χ2v) is 6.57. The van der Waals surface area contributed by atoms with Gasteiger partial charge in [0.15, 0.2) is 0 Å². The zero-order valence-electron chi connectivity index (χ0n) is 10.9. The number of halogens is 4. The molecular weight excluding hydrogens is 416 g/mol. The zero-order valence-corrected chi connectivity index (χ0v) is 13.9. The van der Waals surface area contributed by atoms with Gasteiger partial charge in [-0.2, -0.15) is 21.6 Å². The maximum atomic E-state index is 12.7. The van der Waals surface area contributed by atoms with Crippen molar-refractivity contribution in [1.82, 2.24) is 0 Å². The van der Waals surface area contributed by atoms with E-state index in [2.05, 4.69) is 4.74 Å². The molecule has 0 spiro atoms. The Morgan fingerprint density at radius 3 is 2.00 bits per heavy atom. The van der Waals surface area contributed by atoms with Crippen LogP contribution < -0.4 is 0 Å². The summed E-state index contributed by atoms with van der Waals surface area (Å²) in [5.41, 5.74) is -1.09. The Hall–Kier alpha value is -0.100. The largest absolute Gasteiger partial charge is 0.451 e. The third-order valence-corrected chi connectivity index (χ3v) is 5.20. The number of carbonyl (C=O) groups is 1. The van der Waals surface area contributed by atoms with E-state index in [4.69, 9.17) is 4.55 Å². The summed E-state index contributed by atoms with van der Waals surface area (Å²) in [5.74, 6) is -2.81. The van der Waals surface area contributed by atoms with E-state index < -0.39 is 39.5 Å². The molecule has 0 aromatic heterocycles. The molecule has 0 aliphatic heterocycles. The number of rotatable bonds is 7. The van der Waals surface area contributed by atoms with Crippen molar-refractivity contribution in [1.29, 1.82) is 0 Å². The molecule has 0 radical (unpaired) electrons. The van der Waals surface area contributed by atoms with E-state index in [1.54, 1.807) is 13.8 Å². The van der Waals surface area contributed by atoms with Gasteiger partial charge in [0.25, 0.3) is 10.1 Å². The lowest BCUT2D eigenvalue weighted by Gasteiger charge is -2.30. The monoisotopic (exact) mass is 432 g/mol. The Morgan fingerprint density at radius 1 is 1.30 bits per heavy atom. The van der Waals surface area contributed by atoms with Crippen LogP contribution in [0.25, 0.3) is 0 Å². The number of alkyl halides is 4. The number of hydrogen-bond donors (Lipinski definition) is 1. The van der Waals surface area contributed by atoms with Gasteiger partial charge in [0.1, 0.15) is 5.75 Å². The van der Waals surface area contributed by atoms with Gasteiger partial charge in [-0.25, -0.2) is 0 Å².